The van der Waals surface area contributed by atoms with E-state index in [0.717, 1.165) is 30.8 Å². The Morgan fingerprint density at radius 3 is 2.54 bits per heavy atom. The molecular formula is C18H28IN5O2. The zero-order chi connectivity index (χ0) is 18.2. The molecule has 0 atom stereocenters. The lowest BCUT2D eigenvalue weighted by molar-refractivity contribution is 0.354. The molecule has 3 N–H and O–H groups in total. The summed E-state index contributed by atoms with van der Waals surface area (Å²) in [7, 11) is 3.23. The average molecular weight is 473 g/mol. The minimum Gasteiger partial charge on any atom is -0.493 e. The summed E-state index contributed by atoms with van der Waals surface area (Å²) < 4.78 is 12.5. The third-order valence-corrected chi connectivity index (χ3v) is 3.84. The van der Waals surface area contributed by atoms with Gasteiger partial charge in [0.15, 0.2) is 17.5 Å². The maximum absolute atomic E-state index is 5.92. The molecular weight excluding hydrogens is 445 g/mol. The summed E-state index contributed by atoms with van der Waals surface area (Å²) in [6.07, 6.45) is 0.925. The van der Waals surface area contributed by atoms with Crippen LogP contribution in [0.15, 0.2) is 29.3 Å². The first-order chi connectivity index (χ1) is 12.0. The Balaban J connectivity index is 0.00000338. The van der Waals surface area contributed by atoms with Crippen LogP contribution in [0.25, 0.3) is 0 Å². The van der Waals surface area contributed by atoms with E-state index < -0.39 is 0 Å². The highest BCUT2D eigenvalue weighted by Gasteiger charge is 2.04. The van der Waals surface area contributed by atoms with Gasteiger partial charge in [-0.2, -0.15) is 5.10 Å². The van der Waals surface area contributed by atoms with Crippen LogP contribution < -0.4 is 20.5 Å². The molecule has 0 aliphatic carbocycles. The lowest BCUT2D eigenvalue weighted by atomic mass is 10.2. The van der Waals surface area contributed by atoms with Crippen molar-refractivity contribution in [3.05, 3.63) is 41.2 Å². The molecule has 1 aromatic heterocycles. The number of halogens is 1. The van der Waals surface area contributed by atoms with Crippen LogP contribution in [0.3, 0.4) is 0 Å². The second-order valence-electron chi connectivity index (χ2n) is 5.82. The van der Waals surface area contributed by atoms with Gasteiger partial charge in [-0.15, -0.1) is 24.0 Å². The number of hydrogen-bond donors (Lipinski definition) is 2. The van der Waals surface area contributed by atoms with Crippen molar-refractivity contribution >= 4 is 29.9 Å². The fourth-order valence-corrected chi connectivity index (χ4v) is 2.56. The monoisotopic (exact) mass is 473 g/mol. The van der Waals surface area contributed by atoms with Crippen LogP contribution in [0.1, 0.15) is 23.4 Å². The SMILES string of the molecule is COc1ccc(CN=C(N)NCCCn2nc(C)cc2C)cc1OC.I. The van der Waals surface area contributed by atoms with Crippen molar-refractivity contribution in [2.75, 3.05) is 20.8 Å². The number of guanidine groups is 1. The van der Waals surface area contributed by atoms with Gasteiger partial charge in [0.25, 0.3) is 0 Å². The van der Waals surface area contributed by atoms with E-state index in [1.165, 1.54) is 5.69 Å². The van der Waals surface area contributed by atoms with Gasteiger partial charge in [0, 0.05) is 18.8 Å². The summed E-state index contributed by atoms with van der Waals surface area (Å²) >= 11 is 0. The quantitative estimate of drug-likeness (QED) is 0.267. The molecule has 0 unspecified atom stereocenters. The van der Waals surface area contributed by atoms with Gasteiger partial charge in [0.1, 0.15) is 0 Å². The van der Waals surface area contributed by atoms with Crippen LogP contribution >= 0.6 is 24.0 Å². The van der Waals surface area contributed by atoms with E-state index in [-0.39, 0.29) is 24.0 Å². The highest BCUT2D eigenvalue weighted by Crippen LogP contribution is 2.27. The Labute approximate surface area is 172 Å². The molecule has 2 aromatic rings. The van der Waals surface area contributed by atoms with Crippen molar-refractivity contribution < 1.29 is 9.47 Å². The van der Waals surface area contributed by atoms with Crippen LogP contribution in [-0.4, -0.2) is 36.5 Å². The minimum absolute atomic E-state index is 0. The summed E-state index contributed by atoms with van der Waals surface area (Å²) in [5, 5.41) is 7.57. The molecule has 1 heterocycles. The summed E-state index contributed by atoms with van der Waals surface area (Å²) in [6, 6.07) is 7.79. The number of rotatable bonds is 8. The highest BCUT2D eigenvalue weighted by atomic mass is 127. The average Bonchev–Trinajstić information content (AvgIpc) is 2.93. The first kappa shape index (κ1) is 22.1. The Morgan fingerprint density at radius 2 is 1.92 bits per heavy atom. The summed E-state index contributed by atoms with van der Waals surface area (Å²) in [5.74, 6) is 1.82. The zero-order valence-corrected chi connectivity index (χ0v) is 18.1. The van der Waals surface area contributed by atoms with Gasteiger partial charge in [-0.3, -0.25) is 4.68 Å². The smallest absolute Gasteiger partial charge is 0.188 e. The van der Waals surface area contributed by atoms with E-state index in [0.29, 0.717) is 24.0 Å². The third kappa shape index (κ3) is 6.40. The fraction of sp³-hybridized carbons (Fsp3) is 0.444. The lowest BCUT2D eigenvalue weighted by Crippen LogP contribution is -2.32. The normalized spacial score (nSPS) is 11.0. The van der Waals surface area contributed by atoms with E-state index in [1.807, 2.05) is 29.8 Å². The maximum atomic E-state index is 5.92. The molecule has 0 aliphatic heterocycles. The van der Waals surface area contributed by atoms with Gasteiger partial charge in [-0.1, -0.05) is 6.07 Å². The topological polar surface area (TPSA) is 86.7 Å². The van der Waals surface area contributed by atoms with Crippen molar-refractivity contribution in [1.82, 2.24) is 15.1 Å². The standard InChI is InChI=1S/C18H27N5O2.HI/c1-13-10-14(2)23(22-13)9-5-8-20-18(19)21-12-15-6-7-16(24-3)17(11-15)25-4;/h6-7,10-11H,5,8-9,12H2,1-4H3,(H3,19,20,21);1H. The third-order valence-electron chi connectivity index (χ3n) is 3.84. The van der Waals surface area contributed by atoms with Crippen LogP contribution in [0.5, 0.6) is 11.5 Å². The molecule has 0 radical (unpaired) electrons. The number of nitrogens with one attached hydrogen (secondary N) is 1. The Bertz CT molecular complexity index is 730. The Hall–Kier alpha value is -1.97. The van der Waals surface area contributed by atoms with Crippen LogP contribution in [-0.2, 0) is 13.1 Å². The molecule has 0 saturated heterocycles. The van der Waals surface area contributed by atoms with Crippen molar-refractivity contribution in [2.45, 2.75) is 33.4 Å². The molecule has 0 bridgehead atoms. The lowest BCUT2D eigenvalue weighted by Gasteiger charge is -2.09. The molecule has 144 valence electrons. The van der Waals surface area contributed by atoms with Crippen LogP contribution in [0, 0.1) is 13.8 Å². The van der Waals surface area contributed by atoms with Crippen molar-refractivity contribution in [3.63, 3.8) is 0 Å². The summed E-state index contributed by atoms with van der Waals surface area (Å²) in [4.78, 5) is 4.36. The summed E-state index contributed by atoms with van der Waals surface area (Å²) in [5.41, 5.74) is 9.14. The molecule has 0 amide bonds. The highest BCUT2D eigenvalue weighted by molar-refractivity contribution is 14.0. The van der Waals surface area contributed by atoms with Crippen LogP contribution in [0.2, 0.25) is 0 Å². The second kappa shape index (κ2) is 10.9. The zero-order valence-electron chi connectivity index (χ0n) is 15.8. The Morgan fingerprint density at radius 1 is 1.19 bits per heavy atom. The number of ether oxygens (including phenoxy) is 2. The van der Waals surface area contributed by atoms with E-state index in [1.54, 1.807) is 14.2 Å². The first-order valence-electron chi connectivity index (χ1n) is 8.29. The van der Waals surface area contributed by atoms with Gasteiger partial charge in [0.05, 0.1) is 26.5 Å². The molecule has 0 fully saturated rings. The number of nitrogens with two attached hydrogens (primary N) is 1. The van der Waals surface area contributed by atoms with Gasteiger partial charge >= 0.3 is 0 Å². The number of hydrogen-bond acceptors (Lipinski definition) is 4. The van der Waals surface area contributed by atoms with Gasteiger partial charge in [-0.05, 0) is 44.0 Å². The molecule has 0 saturated carbocycles. The molecule has 26 heavy (non-hydrogen) atoms. The van der Waals surface area contributed by atoms with Crippen LogP contribution in [0.4, 0.5) is 0 Å². The predicted molar refractivity (Wildman–Crippen MR) is 115 cm³/mol. The summed E-state index contributed by atoms with van der Waals surface area (Å²) in [6.45, 7) is 6.15. The molecule has 8 heteroatoms. The molecule has 1 aromatic carbocycles. The number of methoxy groups -OCH3 is 2. The van der Waals surface area contributed by atoms with E-state index in [4.69, 9.17) is 15.2 Å². The number of aryl methyl sites for hydroxylation is 3. The number of benzene rings is 1. The van der Waals surface area contributed by atoms with E-state index in [2.05, 4.69) is 28.4 Å². The van der Waals surface area contributed by atoms with E-state index in [9.17, 15) is 0 Å². The first-order valence-corrected chi connectivity index (χ1v) is 8.29. The molecule has 2 rings (SSSR count). The van der Waals surface area contributed by atoms with Crippen molar-refractivity contribution in [1.29, 1.82) is 0 Å². The predicted octanol–water partition coefficient (Wildman–Crippen LogP) is 2.63. The largest absolute Gasteiger partial charge is 0.493 e. The number of nitrogens with zero attached hydrogens (tertiary/aromatic N) is 3. The second-order valence-corrected chi connectivity index (χ2v) is 5.82. The van der Waals surface area contributed by atoms with E-state index >= 15 is 0 Å². The maximum Gasteiger partial charge on any atom is 0.188 e. The van der Waals surface area contributed by atoms with Crippen molar-refractivity contribution in [2.24, 2.45) is 10.7 Å². The minimum atomic E-state index is 0. The van der Waals surface area contributed by atoms with Crippen molar-refractivity contribution in [3.8, 4) is 11.5 Å². The van der Waals surface area contributed by atoms with Gasteiger partial charge < -0.3 is 20.5 Å². The molecule has 0 spiro atoms. The molecule has 0 aliphatic rings. The number of aliphatic imine (C=N–C) groups is 1. The van der Waals surface area contributed by atoms with Gasteiger partial charge in [0.2, 0.25) is 0 Å². The fourth-order valence-electron chi connectivity index (χ4n) is 2.56. The van der Waals surface area contributed by atoms with Gasteiger partial charge in [-0.25, -0.2) is 4.99 Å². The Kier molecular flexibility index (Phi) is 9.25. The number of aromatic nitrogens is 2. The molecule has 7 nitrogen and oxygen atoms in total.